The van der Waals surface area contributed by atoms with Crippen molar-refractivity contribution in [1.29, 1.82) is 0 Å². The number of aryl methyl sites for hydroxylation is 2. The minimum absolute atomic E-state index is 0.452. The monoisotopic (exact) mass is 237 g/mol. The molecule has 0 radical (unpaired) electrons. The molecule has 0 spiro atoms. The Labute approximate surface area is 100 Å². The molecule has 1 heterocycles. The molecule has 4 heteroatoms. The second kappa shape index (κ2) is 3.47. The Balaban J connectivity index is 2.83. The van der Waals surface area contributed by atoms with Crippen LogP contribution in [0.15, 0.2) is 12.1 Å². The van der Waals surface area contributed by atoms with Crippen LogP contribution >= 0.6 is 11.6 Å². The maximum Gasteiger partial charge on any atom is 0.129 e. The molecule has 0 bridgehead atoms. The molecule has 2 N–H and O–H groups in total. The van der Waals surface area contributed by atoms with Crippen molar-refractivity contribution in [3.05, 3.63) is 28.5 Å². The van der Waals surface area contributed by atoms with Crippen LogP contribution in [-0.4, -0.2) is 9.55 Å². The first-order valence-corrected chi connectivity index (χ1v) is 5.61. The van der Waals surface area contributed by atoms with Crippen molar-refractivity contribution in [2.24, 2.45) is 12.8 Å². The predicted molar refractivity (Wildman–Crippen MR) is 67.7 cm³/mol. The average Bonchev–Trinajstić information content (AvgIpc) is 2.50. The molecule has 0 saturated carbocycles. The Bertz CT molecular complexity index is 549. The topological polar surface area (TPSA) is 43.8 Å². The molecule has 0 aliphatic heterocycles. The smallest absolute Gasteiger partial charge is 0.129 e. The van der Waals surface area contributed by atoms with Crippen LogP contribution in [0.2, 0.25) is 5.02 Å². The van der Waals surface area contributed by atoms with Gasteiger partial charge in [-0.15, -0.1) is 0 Å². The highest BCUT2D eigenvalue weighted by Crippen LogP contribution is 2.27. The lowest BCUT2D eigenvalue weighted by Crippen LogP contribution is -2.32. The lowest BCUT2D eigenvalue weighted by molar-refractivity contribution is 0.498. The second-order valence-electron chi connectivity index (χ2n) is 4.76. The van der Waals surface area contributed by atoms with Crippen LogP contribution in [0, 0.1) is 6.92 Å². The van der Waals surface area contributed by atoms with Gasteiger partial charge in [-0.25, -0.2) is 4.98 Å². The van der Waals surface area contributed by atoms with E-state index in [1.807, 2.05) is 44.5 Å². The van der Waals surface area contributed by atoms with E-state index in [0.717, 1.165) is 27.4 Å². The molecule has 1 aromatic heterocycles. The van der Waals surface area contributed by atoms with Crippen LogP contribution in [0.5, 0.6) is 0 Å². The van der Waals surface area contributed by atoms with Crippen LogP contribution in [-0.2, 0) is 12.6 Å². The summed E-state index contributed by atoms with van der Waals surface area (Å²) in [7, 11) is 1.98. The molecule has 0 atom stereocenters. The van der Waals surface area contributed by atoms with Gasteiger partial charge in [-0.2, -0.15) is 0 Å². The van der Waals surface area contributed by atoms with Gasteiger partial charge in [0.05, 0.1) is 16.6 Å². The summed E-state index contributed by atoms with van der Waals surface area (Å²) in [5.74, 6) is 0.868. The van der Waals surface area contributed by atoms with E-state index in [0.29, 0.717) is 0 Å². The van der Waals surface area contributed by atoms with Crippen molar-refractivity contribution in [1.82, 2.24) is 9.55 Å². The highest BCUT2D eigenvalue weighted by molar-refractivity contribution is 6.32. The number of halogens is 1. The lowest BCUT2D eigenvalue weighted by Gasteiger charge is -2.17. The summed E-state index contributed by atoms with van der Waals surface area (Å²) in [6, 6.07) is 3.88. The first-order valence-electron chi connectivity index (χ1n) is 5.23. The zero-order valence-electron chi connectivity index (χ0n) is 10.0. The summed E-state index contributed by atoms with van der Waals surface area (Å²) in [4.78, 5) is 4.60. The molecule has 0 saturated heterocycles. The maximum absolute atomic E-state index is 6.09. The third-order valence-electron chi connectivity index (χ3n) is 2.82. The van der Waals surface area contributed by atoms with Gasteiger partial charge in [-0.1, -0.05) is 11.6 Å². The summed E-state index contributed by atoms with van der Waals surface area (Å²) >= 11 is 6.08. The van der Waals surface area contributed by atoms with E-state index < -0.39 is 5.54 Å². The number of nitrogens with zero attached hydrogens (tertiary/aromatic N) is 2. The minimum Gasteiger partial charge on any atom is -0.330 e. The maximum atomic E-state index is 6.09. The third-order valence-corrected chi connectivity index (χ3v) is 3.23. The molecule has 0 fully saturated rings. The van der Waals surface area contributed by atoms with Crippen molar-refractivity contribution < 1.29 is 0 Å². The van der Waals surface area contributed by atoms with Crippen LogP contribution in [0.4, 0.5) is 0 Å². The highest BCUT2D eigenvalue weighted by atomic mass is 35.5. The van der Waals surface area contributed by atoms with Crippen molar-refractivity contribution in [2.45, 2.75) is 26.3 Å². The van der Waals surface area contributed by atoms with E-state index in [2.05, 4.69) is 4.98 Å². The number of imidazole rings is 1. The van der Waals surface area contributed by atoms with Gasteiger partial charge in [0, 0.05) is 12.1 Å². The molecule has 2 aromatic rings. The summed E-state index contributed by atoms with van der Waals surface area (Å²) < 4.78 is 2.03. The summed E-state index contributed by atoms with van der Waals surface area (Å²) in [5, 5.41) is 0.743. The zero-order valence-corrected chi connectivity index (χ0v) is 10.8. The fourth-order valence-electron chi connectivity index (χ4n) is 1.94. The van der Waals surface area contributed by atoms with E-state index in [1.165, 1.54) is 0 Å². The standard InChI is InChI=1S/C12H16ClN3/c1-7-8(13)5-6-9-10(7)15-11(16(9)4)12(2,3)14/h5-6H,14H2,1-4H3. The van der Waals surface area contributed by atoms with Crippen molar-refractivity contribution in [3.63, 3.8) is 0 Å². The van der Waals surface area contributed by atoms with E-state index in [4.69, 9.17) is 17.3 Å². The number of fused-ring (bicyclic) bond motifs is 1. The van der Waals surface area contributed by atoms with E-state index in [1.54, 1.807) is 0 Å². The van der Waals surface area contributed by atoms with Gasteiger partial charge in [0.1, 0.15) is 5.82 Å². The van der Waals surface area contributed by atoms with Crippen LogP contribution in [0.1, 0.15) is 25.2 Å². The van der Waals surface area contributed by atoms with Gasteiger partial charge < -0.3 is 10.3 Å². The fourth-order valence-corrected chi connectivity index (χ4v) is 2.10. The average molecular weight is 238 g/mol. The molecular formula is C12H16ClN3. The van der Waals surface area contributed by atoms with E-state index in [9.17, 15) is 0 Å². The van der Waals surface area contributed by atoms with E-state index in [-0.39, 0.29) is 0 Å². The first kappa shape index (κ1) is 11.4. The molecule has 0 amide bonds. The number of hydrogen-bond donors (Lipinski definition) is 1. The number of hydrogen-bond acceptors (Lipinski definition) is 2. The molecule has 3 nitrogen and oxygen atoms in total. The highest BCUT2D eigenvalue weighted by Gasteiger charge is 2.22. The van der Waals surface area contributed by atoms with Gasteiger partial charge >= 0.3 is 0 Å². The number of rotatable bonds is 1. The summed E-state index contributed by atoms with van der Waals surface area (Å²) in [6.45, 7) is 5.88. The lowest BCUT2D eigenvalue weighted by atomic mass is 10.1. The van der Waals surface area contributed by atoms with Gasteiger partial charge in [0.2, 0.25) is 0 Å². The number of aromatic nitrogens is 2. The van der Waals surface area contributed by atoms with Crippen molar-refractivity contribution >= 4 is 22.6 Å². The summed E-state index contributed by atoms with van der Waals surface area (Å²) in [5.41, 5.74) is 8.65. The van der Waals surface area contributed by atoms with Gasteiger partial charge in [0.15, 0.2) is 0 Å². The van der Waals surface area contributed by atoms with Crippen molar-refractivity contribution in [3.8, 4) is 0 Å². The van der Waals surface area contributed by atoms with Gasteiger partial charge in [-0.3, -0.25) is 0 Å². The molecular weight excluding hydrogens is 222 g/mol. The third kappa shape index (κ3) is 1.60. The number of nitrogens with two attached hydrogens (primary N) is 1. The second-order valence-corrected chi connectivity index (χ2v) is 5.16. The van der Waals surface area contributed by atoms with Crippen LogP contribution in [0.25, 0.3) is 11.0 Å². The molecule has 2 rings (SSSR count). The first-order chi connectivity index (χ1) is 7.32. The molecule has 0 unspecified atom stereocenters. The van der Waals surface area contributed by atoms with Crippen LogP contribution in [0.3, 0.4) is 0 Å². The molecule has 0 aliphatic carbocycles. The zero-order chi connectivity index (χ0) is 12.1. The Morgan fingerprint density at radius 2 is 2.00 bits per heavy atom. The molecule has 16 heavy (non-hydrogen) atoms. The Morgan fingerprint density at radius 1 is 1.38 bits per heavy atom. The van der Waals surface area contributed by atoms with Crippen LogP contribution < -0.4 is 5.73 Å². The predicted octanol–water partition coefficient (Wildman–Crippen LogP) is 2.73. The quantitative estimate of drug-likeness (QED) is 0.829. The summed E-state index contributed by atoms with van der Waals surface area (Å²) in [6.07, 6.45) is 0. The SMILES string of the molecule is Cc1c(Cl)ccc2c1nc(C(C)(C)N)n2C. The molecule has 86 valence electrons. The fraction of sp³-hybridized carbons (Fsp3) is 0.417. The Hall–Kier alpha value is -1.06. The Kier molecular flexibility index (Phi) is 2.48. The largest absolute Gasteiger partial charge is 0.330 e. The molecule has 0 aliphatic rings. The van der Waals surface area contributed by atoms with Crippen molar-refractivity contribution in [2.75, 3.05) is 0 Å². The van der Waals surface area contributed by atoms with E-state index >= 15 is 0 Å². The van der Waals surface area contributed by atoms with Gasteiger partial charge in [-0.05, 0) is 38.5 Å². The normalized spacial score (nSPS) is 12.4. The molecule has 1 aromatic carbocycles. The van der Waals surface area contributed by atoms with Gasteiger partial charge in [0.25, 0.3) is 0 Å². The minimum atomic E-state index is -0.452. The number of benzene rings is 1. The Morgan fingerprint density at radius 3 is 2.56 bits per heavy atom.